The molecule has 1 saturated heterocycles. The number of amides is 2. The van der Waals surface area contributed by atoms with Crippen molar-refractivity contribution in [1.82, 2.24) is 0 Å². The van der Waals surface area contributed by atoms with Crippen molar-refractivity contribution in [2.45, 2.75) is 11.3 Å². The van der Waals surface area contributed by atoms with Gasteiger partial charge in [0.1, 0.15) is 12.1 Å². The minimum Gasteiger partial charge on any atom is -0.302 e. The van der Waals surface area contributed by atoms with Crippen molar-refractivity contribution in [2.24, 2.45) is 11.8 Å². The second-order valence-electron chi connectivity index (χ2n) is 8.11. The molecular formula is C25H16FNO3. The van der Waals surface area contributed by atoms with Gasteiger partial charge in [-0.25, -0.2) is 9.29 Å². The highest BCUT2D eigenvalue weighted by Crippen LogP contribution is 2.63. The van der Waals surface area contributed by atoms with E-state index >= 15 is 0 Å². The van der Waals surface area contributed by atoms with Crippen LogP contribution < -0.4 is 4.90 Å². The molecule has 2 atom stereocenters. The third kappa shape index (κ3) is 1.79. The number of para-hydroxylation sites is 1. The van der Waals surface area contributed by atoms with Crippen LogP contribution in [-0.4, -0.2) is 18.1 Å². The summed E-state index contributed by atoms with van der Waals surface area (Å²) >= 11 is 0. The van der Waals surface area contributed by atoms with Crippen molar-refractivity contribution in [3.63, 3.8) is 0 Å². The second kappa shape index (κ2) is 5.72. The Morgan fingerprint density at radius 3 is 1.97 bits per heavy atom. The average Bonchev–Trinajstić information content (AvgIpc) is 3.05. The van der Waals surface area contributed by atoms with Crippen LogP contribution in [0.25, 0.3) is 0 Å². The molecule has 2 unspecified atom stereocenters. The number of hydrogen-bond acceptors (Lipinski definition) is 3. The zero-order chi connectivity index (χ0) is 20.6. The number of carbonyl (C=O) groups excluding carboxylic acids is 3. The summed E-state index contributed by atoms with van der Waals surface area (Å²) in [7, 11) is 0. The van der Waals surface area contributed by atoms with E-state index in [4.69, 9.17) is 0 Å². The van der Waals surface area contributed by atoms with Gasteiger partial charge in [0.25, 0.3) is 0 Å². The van der Waals surface area contributed by atoms with Crippen LogP contribution in [0.15, 0.2) is 72.8 Å². The Bertz CT molecular complexity index is 1220. The first kappa shape index (κ1) is 17.3. The number of rotatable bonds is 2. The quantitative estimate of drug-likeness (QED) is 0.491. The molecule has 3 aromatic carbocycles. The number of imide groups is 1. The number of nitrogens with zero attached hydrogens (tertiary/aromatic N) is 1. The molecule has 3 aliphatic carbocycles. The lowest BCUT2D eigenvalue weighted by atomic mass is 9.48. The molecule has 0 saturated carbocycles. The fourth-order valence-electron chi connectivity index (χ4n) is 5.90. The molecule has 4 nitrogen and oxygen atoms in total. The van der Waals surface area contributed by atoms with E-state index in [0.29, 0.717) is 0 Å². The van der Waals surface area contributed by atoms with Gasteiger partial charge in [-0.15, -0.1) is 0 Å². The van der Waals surface area contributed by atoms with Gasteiger partial charge in [-0.2, -0.15) is 0 Å². The summed E-state index contributed by atoms with van der Waals surface area (Å²) < 4.78 is 14.6. The summed E-state index contributed by atoms with van der Waals surface area (Å²) in [6.45, 7) is 0. The number of hydrogen-bond donors (Lipinski definition) is 0. The first-order valence-electron chi connectivity index (χ1n) is 9.88. The molecule has 1 fully saturated rings. The lowest BCUT2D eigenvalue weighted by Crippen LogP contribution is -2.54. The maximum atomic E-state index is 14.6. The van der Waals surface area contributed by atoms with E-state index in [1.54, 1.807) is 6.07 Å². The fraction of sp³-hybridized carbons (Fsp3) is 0.160. The largest absolute Gasteiger partial charge is 0.302 e. The van der Waals surface area contributed by atoms with E-state index in [1.165, 1.54) is 18.2 Å². The zero-order valence-corrected chi connectivity index (χ0v) is 15.8. The third-order valence-electron chi connectivity index (χ3n) is 6.96. The highest BCUT2D eigenvalue weighted by Gasteiger charge is 2.68. The van der Waals surface area contributed by atoms with Gasteiger partial charge in [-0.1, -0.05) is 60.7 Å². The molecule has 0 radical (unpaired) electrons. The van der Waals surface area contributed by atoms with Crippen LogP contribution in [-0.2, 0) is 19.8 Å². The van der Waals surface area contributed by atoms with E-state index in [0.717, 1.165) is 33.4 Å². The maximum absolute atomic E-state index is 14.6. The van der Waals surface area contributed by atoms with Crippen LogP contribution in [0.5, 0.6) is 0 Å². The Hall–Kier alpha value is -3.60. The minimum absolute atomic E-state index is 0.0598. The van der Waals surface area contributed by atoms with Gasteiger partial charge in [0, 0.05) is 5.92 Å². The molecule has 0 spiro atoms. The maximum Gasteiger partial charge on any atom is 0.239 e. The molecule has 30 heavy (non-hydrogen) atoms. The first-order valence-corrected chi connectivity index (χ1v) is 9.88. The molecule has 3 aromatic rings. The Labute approximate surface area is 171 Å². The molecule has 0 aromatic heterocycles. The molecule has 0 N–H and O–H groups in total. The topological polar surface area (TPSA) is 54.5 Å². The Morgan fingerprint density at radius 1 is 0.800 bits per heavy atom. The lowest BCUT2D eigenvalue weighted by Gasteiger charge is -2.51. The van der Waals surface area contributed by atoms with Crippen molar-refractivity contribution in [3.05, 3.63) is 101 Å². The SMILES string of the molecule is O=CC12c3ccccc3C(c3ccccc31)C1C(=O)N(c3ccccc3F)C(=O)C12. The smallest absolute Gasteiger partial charge is 0.239 e. The lowest BCUT2D eigenvalue weighted by molar-refractivity contribution is -0.128. The predicted octanol–water partition coefficient (Wildman–Crippen LogP) is 3.58. The van der Waals surface area contributed by atoms with E-state index in [2.05, 4.69) is 0 Å². The highest BCUT2D eigenvalue weighted by atomic mass is 19.1. The summed E-state index contributed by atoms with van der Waals surface area (Å²) in [5.74, 6) is -3.59. The Morgan fingerprint density at radius 2 is 1.37 bits per heavy atom. The molecule has 2 bridgehead atoms. The summed E-state index contributed by atoms with van der Waals surface area (Å²) in [4.78, 5) is 41.0. The number of benzene rings is 3. The van der Waals surface area contributed by atoms with Gasteiger partial charge in [0.2, 0.25) is 11.8 Å². The van der Waals surface area contributed by atoms with Crippen molar-refractivity contribution in [2.75, 3.05) is 4.90 Å². The third-order valence-corrected chi connectivity index (χ3v) is 6.96. The second-order valence-corrected chi connectivity index (χ2v) is 8.11. The van der Waals surface area contributed by atoms with Crippen LogP contribution in [0.3, 0.4) is 0 Å². The summed E-state index contributed by atoms with van der Waals surface area (Å²) in [6, 6.07) is 20.8. The highest BCUT2D eigenvalue weighted by molar-refractivity contribution is 6.24. The summed E-state index contributed by atoms with van der Waals surface area (Å²) in [5, 5.41) is 0. The molecule has 4 aliphatic rings. The monoisotopic (exact) mass is 397 g/mol. The Balaban J connectivity index is 1.67. The number of carbonyl (C=O) groups is 3. The van der Waals surface area contributed by atoms with E-state index < -0.39 is 34.9 Å². The van der Waals surface area contributed by atoms with Crippen LogP contribution in [0.1, 0.15) is 28.2 Å². The van der Waals surface area contributed by atoms with Gasteiger partial charge in [-0.3, -0.25) is 9.59 Å². The van der Waals surface area contributed by atoms with Crippen molar-refractivity contribution in [1.29, 1.82) is 0 Å². The van der Waals surface area contributed by atoms with E-state index in [1.807, 2.05) is 48.5 Å². The van der Waals surface area contributed by atoms with E-state index in [-0.39, 0.29) is 11.6 Å². The summed E-state index contributed by atoms with van der Waals surface area (Å²) in [5.41, 5.74) is 1.99. The van der Waals surface area contributed by atoms with Gasteiger partial charge in [-0.05, 0) is 34.4 Å². The van der Waals surface area contributed by atoms with Crippen molar-refractivity contribution >= 4 is 23.8 Å². The first-order chi connectivity index (χ1) is 14.6. The van der Waals surface area contributed by atoms with Gasteiger partial charge < -0.3 is 4.79 Å². The molecule has 7 rings (SSSR count). The van der Waals surface area contributed by atoms with Gasteiger partial charge >= 0.3 is 0 Å². The normalized spacial score (nSPS) is 28.2. The van der Waals surface area contributed by atoms with Gasteiger partial charge in [0.05, 0.1) is 22.9 Å². The molecule has 1 heterocycles. The average molecular weight is 397 g/mol. The fourth-order valence-corrected chi connectivity index (χ4v) is 5.90. The zero-order valence-electron chi connectivity index (χ0n) is 15.8. The number of aldehydes is 1. The van der Waals surface area contributed by atoms with Crippen LogP contribution in [0.2, 0.25) is 0 Å². The molecule has 2 amide bonds. The Kier molecular flexibility index (Phi) is 3.30. The van der Waals surface area contributed by atoms with Crippen molar-refractivity contribution < 1.29 is 18.8 Å². The molecule has 146 valence electrons. The van der Waals surface area contributed by atoms with Crippen LogP contribution in [0, 0.1) is 17.7 Å². The van der Waals surface area contributed by atoms with Gasteiger partial charge in [0.15, 0.2) is 0 Å². The van der Waals surface area contributed by atoms with E-state index in [9.17, 15) is 18.8 Å². The molecule has 5 heteroatoms. The molecular weight excluding hydrogens is 381 g/mol. The standard InChI is InChI=1S/C25H16FNO3/c26-18-11-5-6-12-19(18)27-23(29)21-20-14-7-1-3-9-16(14)25(13-28,22(21)24(27)30)17-10-4-2-8-15(17)20/h1-13,20-22H. The molecule has 1 aliphatic heterocycles. The van der Waals surface area contributed by atoms with Crippen LogP contribution in [0.4, 0.5) is 10.1 Å². The van der Waals surface area contributed by atoms with Crippen LogP contribution >= 0.6 is 0 Å². The number of anilines is 1. The minimum atomic E-state index is -1.26. The van der Waals surface area contributed by atoms with Crippen molar-refractivity contribution in [3.8, 4) is 0 Å². The summed E-state index contributed by atoms with van der Waals surface area (Å²) in [6.07, 6.45) is 0.813. The number of halogens is 1. The predicted molar refractivity (Wildman–Crippen MR) is 107 cm³/mol.